The summed E-state index contributed by atoms with van der Waals surface area (Å²) >= 11 is 7.95. The van der Waals surface area contributed by atoms with Crippen molar-refractivity contribution in [1.29, 1.82) is 0 Å². The number of alkyl carbamates (subject to hydrolysis) is 1. The van der Waals surface area contributed by atoms with Gasteiger partial charge in [0.05, 0.1) is 12.3 Å². The summed E-state index contributed by atoms with van der Waals surface area (Å²) in [7, 11) is 0. The van der Waals surface area contributed by atoms with Gasteiger partial charge < -0.3 is 10.1 Å². The Kier molecular flexibility index (Phi) is 5.30. The van der Waals surface area contributed by atoms with Gasteiger partial charge in [0.15, 0.2) is 5.11 Å². The van der Waals surface area contributed by atoms with Crippen LogP contribution in [-0.2, 0) is 4.74 Å². The van der Waals surface area contributed by atoms with E-state index >= 15 is 0 Å². The minimum Gasteiger partial charge on any atom is -0.450 e. The first-order valence-corrected chi connectivity index (χ1v) is 5.93. The molecule has 1 aromatic carbocycles. The summed E-state index contributed by atoms with van der Waals surface area (Å²) in [5.41, 5.74) is 0.176. The van der Waals surface area contributed by atoms with E-state index in [1.807, 2.05) is 0 Å². The highest BCUT2D eigenvalue weighted by molar-refractivity contribution is 9.10. The van der Waals surface area contributed by atoms with Crippen molar-refractivity contribution in [3.8, 4) is 0 Å². The second kappa shape index (κ2) is 6.51. The number of thiocarbonyl (C=S) groups is 1. The number of carbonyl (C=O) groups is 1. The smallest absolute Gasteiger partial charge is 0.413 e. The van der Waals surface area contributed by atoms with Gasteiger partial charge in [-0.1, -0.05) is 15.9 Å². The van der Waals surface area contributed by atoms with Gasteiger partial charge in [-0.2, -0.15) is 0 Å². The van der Waals surface area contributed by atoms with E-state index in [-0.39, 0.29) is 17.4 Å². The molecule has 0 saturated heterocycles. The predicted octanol–water partition coefficient (Wildman–Crippen LogP) is 3.03. The topological polar surface area (TPSA) is 50.4 Å². The van der Waals surface area contributed by atoms with Crippen LogP contribution < -0.4 is 10.6 Å². The van der Waals surface area contributed by atoms with Crippen LogP contribution in [-0.4, -0.2) is 17.8 Å². The van der Waals surface area contributed by atoms with E-state index in [9.17, 15) is 9.18 Å². The molecule has 0 heterocycles. The summed E-state index contributed by atoms with van der Waals surface area (Å²) in [4.78, 5) is 11.0. The molecule has 7 heteroatoms. The number of halogens is 2. The van der Waals surface area contributed by atoms with Crippen LogP contribution in [0.2, 0.25) is 0 Å². The average molecular weight is 321 g/mol. The molecule has 4 nitrogen and oxygen atoms in total. The lowest BCUT2D eigenvalue weighted by Gasteiger charge is -2.10. The summed E-state index contributed by atoms with van der Waals surface area (Å²) < 4.78 is 18.6. The number of hydrogen-bond donors (Lipinski definition) is 2. The van der Waals surface area contributed by atoms with Gasteiger partial charge in [-0.3, -0.25) is 5.32 Å². The van der Waals surface area contributed by atoms with E-state index in [0.29, 0.717) is 4.47 Å². The molecule has 2 N–H and O–H groups in total. The quantitative estimate of drug-likeness (QED) is 0.822. The van der Waals surface area contributed by atoms with Gasteiger partial charge in [0.1, 0.15) is 5.82 Å². The van der Waals surface area contributed by atoms with E-state index in [1.54, 1.807) is 13.0 Å². The second-order valence-corrected chi connectivity index (χ2v) is 4.25. The Morgan fingerprint density at radius 2 is 2.29 bits per heavy atom. The molecule has 0 bridgehead atoms. The Hall–Kier alpha value is -1.21. The van der Waals surface area contributed by atoms with Crippen LogP contribution >= 0.6 is 28.1 Å². The summed E-state index contributed by atoms with van der Waals surface area (Å²) in [5.74, 6) is -0.479. The number of amides is 1. The van der Waals surface area contributed by atoms with Gasteiger partial charge >= 0.3 is 6.09 Å². The summed E-state index contributed by atoms with van der Waals surface area (Å²) in [6.45, 7) is 1.91. The lowest BCUT2D eigenvalue weighted by molar-refractivity contribution is 0.158. The van der Waals surface area contributed by atoms with Crippen LogP contribution in [0, 0.1) is 5.82 Å². The molecule has 0 saturated carbocycles. The van der Waals surface area contributed by atoms with Gasteiger partial charge in [-0.05, 0) is 37.3 Å². The monoisotopic (exact) mass is 320 g/mol. The summed E-state index contributed by atoms with van der Waals surface area (Å²) in [5, 5.41) is 4.78. The molecular formula is C10H10BrFN2O2S. The largest absolute Gasteiger partial charge is 0.450 e. The van der Waals surface area contributed by atoms with E-state index in [4.69, 9.17) is 12.2 Å². The standard InChI is InChI=1S/C10H10BrFN2O2S/c1-2-16-10(15)14-9(17)13-8-4-3-6(11)5-7(8)12/h3-5H,2H2,1H3,(H2,13,14,15,17). The van der Waals surface area contributed by atoms with Crippen molar-refractivity contribution in [2.24, 2.45) is 0 Å². The minimum absolute atomic E-state index is 0.0235. The Bertz CT molecular complexity index is 442. The number of ether oxygens (including phenoxy) is 1. The minimum atomic E-state index is -0.678. The van der Waals surface area contributed by atoms with Crippen molar-refractivity contribution in [1.82, 2.24) is 5.32 Å². The third-order valence-electron chi connectivity index (χ3n) is 1.67. The van der Waals surface area contributed by atoms with Crippen molar-refractivity contribution in [2.45, 2.75) is 6.92 Å². The number of anilines is 1. The van der Waals surface area contributed by atoms with Gasteiger partial charge in [-0.15, -0.1) is 0 Å². The molecule has 92 valence electrons. The number of hydrogen-bond acceptors (Lipinski definition) is 3. The molecule has 1 aromatic rings. The van der Waals surface area contributed by atoms with Crippen molar-refractivity contribution in [3.05, 3.63) is 28.5 Å². The van der Waals surface area contributed by atoms with Crippen molar-refractivity contribution in [3.63, 3.8) is 0 Å². The Morgan fingerprint density at radius 1 is 1.59 bits per heavy atom. The predicted molar refractivity (Wildman–Crippen MR) is 70.5 cm³/mol. The molecule has 0 unspecified atom stereocenters. The van der Waals surface area contributed by atoms with Gasteiger partial charge in [0.2, 0.25) is 0 Å². The third-order valence-corrected chi connectivity index (χ3v) is 2.37. The number of rotatable bonds is 2. The number of carbonyl (C=O) groups excluding carboxylic acids is 1. The fourth-order valence-corrected chi connectivity index (χ4v) is 1.53. The van der Waals surface area contributed by atoms with Crippen LogP contribution in [0.1, 0.15) is 6.92 Å². The maximum Gasteiger partial charge on any atom is 0.413 e. The molecule has 0 aromatic heterocycles. The zero-order valence-electron chi connectivity index (χ0n) is 8.92. The lowest BCUT2D eigenvalue weighted by atomic mass is 10.3. The molecular weight excluding hydrogens is 311 g/mol. The van der Waals surface area contributed by atoms with Gasteiger partial charge in [0.25, 0.3) is 0 Å². The fourth-order valence-electron chi connectivity index (χ4n) is 1.00. The fraction of sp³-hybridized carbons (Fsp3) is 0.200. The van der Waals surface area contributed by atoms with Crippen LogP contribution in [0.3, 0.4) is 0 Å². The average Bonchev–Trinajstić information content (AvgIpc) is 2.22. The normalized spacial score (nSPS) is 9.59. The highest BCUT2D eigenvalue weighted by Crippen LogP contribution is 2.19. The van der Waals surface area contributed by atoms with Crippen LogP contribution in [0.4, 0.5) is 14.9 Å². The molecule has 0 aliphatic heterocycles. The third kappa shape index (κ3) is 4.66. The Labute approximate surface area is 112 Å². The molecule has 0 aliphatic carbocycles. The van der Waals surface area contributed by atoms with E-state index in [1.165, 1.54) is 12.1 Å². The first kappa shape index (κ1) is 13.9. The Balaban J connectivity index is 2.59. The van der Waals surface area contributed by atoms with Crippen LogP contribution in [0.25, 0.3) is 0 Å². The van der Waals surface area contributed by atoms with Crippen molar-refractivity contribution in [2.75, 3.05) is 11.9 Å². The molecule has 0 radical (unpaired) electrons. The summed E-state index contributed by atoms with van der Waals surface area (Å²) in [6.07, 6.45) is -0.678. The SMILES string of the molecule is CCOC(=O)NC(=S)Nc1ccc(Br)cc1F. The van der Waals surface area contributed by atoms with Crippen molar-refractivity contribution >= 4 is 45.0 Å². The van der Waals surface area contributed by atoms with E-state index in [0.717, 1.165) is 0 Å². The van der Waals surface area contributed by atoms with E-state index in [2.05, 4.69) is 31.3 Å². The first-order chi connectivity index (χ1) is 8.02. The van der Waals surface area contributed by atoms with Gasteiger partial charge in [-0.25, -0.2) is 9.18 Å². The molecule has 17 heavy (non-hydrogen) atoms. The van der Waals surface area contributed by atoms with Gasteiger partial charge in [0, 0.05) is 4.47 Å². The van der Waals surface area contributed by atoms with Crippen LogP contribution in [0.5, 0.6) is 0 Å². The number of nitrogens with one attached hydrogen (secondary N) is 2. The molecule has 0 fully saturated rings. The summed E-state index contributed by atoms with van der Waals surface area (Å²) in [6, 6.07) is 4.44. The highest BCUT2D eigenvalue weighted by Gasteiger charge is 2.07. The number of benzene rings is 1. The Morgan fingerprint density at radius 3 is 2.88 bits per heavy atom. The maximum atomic E-state index is 13.4. The second-order valence-electron chi connectivity index (χ2n) is 2.92. The van der Waals surface area contributed by atoms with Crippen molar-refractivity contribution < 1.29 is 13.9 Å². The highest BCUT2D eigenvalue weighted by atomic mass is 79.9. The zero-order valence-corrected chi connectivity index (χ0v) is 11.3. The zero-order chi connectivity index (χ0) is 12.8. The molecule has 1 amide bonds. The molecule has 1 rings (SSSR count). The first-order valence-electron chi connectivity index (χ1n) is 4.72. The molecule has 0 spiro atoms. The maximum absolute atomic E-state index is 13.4. The molecule has 0 atom stereocenters. The molecule has 0 aliphatic rings. The van der Waals surface area contributed by atoms with E-state index < -0.39 is 11.9 Å². The lowest BCUT2D eigenvalue weighted by Crippen LogP contribution is -2.34. The van der Waals surface area contributed by atoms with Crippen LogP contribution in [0.15, 0.2) is 22.7 Å².